The largest absolute Gasteiger partial charge is 0.476 e. The quantitative estimate of drug-likeness (QED) is 0.862. The van der Waals surface area contributed by atoms with E-state index in [0.29, 0.717) is 12.0 Å². The number of fused-ring (bicyclic) bond motifs is 1. The van der Waals surface area contributed by atoms with Crippen LogP contribution in [0.15, 0.2) is 12.1 Å². The van der Waals surface area contributed by atoms with Crippen molar-refractivity contribution in [2.75, 3.05) is 31.1 Å². The van der Waals surface area contributed by atoms with Gasteiger partial charge in [-0.05, 0) is 36.3 Å². The molecule has 3 rings (SSSR count). The van der Waals surface area contributed by atoms with Gasteiger partial charge >= 0.3 is 0 Å². The molecular weight excluding hydrogens is 262 g/mol. The zero-order valence-corrected chi connectivity index (χ0v) is 13.5. The van der Waals surface area contributed by atoms with Gasteiger partial charge < -0.3 is 15.0 Å². The lowest BCUT2D eigenvalue weighted by Crippen LogP contribution is -2.38. The zero-order chi connectivity index (χ0) is 14.9. The Hall–Kier alpha value is -1.29. The Balaban J connectivity index is 1.70. The van der Waals surface area contributed by atoms with Crippen molar-refractivity contribution < 1.29 is 4.74 Å². The molecule has 4 heteroatoms. The fourth-order valence-electron chi connectivity index (χ4n) is 3.31. The van der Waals surface area contributed by atoms with Crippen molar-refractivity contribution in [3.05, 3.63) is 17.7 Å². The van der Waals surface area contributed by atoms with Gasteiger partial charge in [0.05, 0.1) is 0 Å². The molecule has 1 saturated heterocycles. The summed E-state index contributed by atoms with van der Waals surface area (Å²) in [6.45, 7) is 11.7. The summed E-state index contributed by atoms with van der Waals surface area (Å²) in [5.41, 5.74) is 1.59. The minimum absolute atomic E-state index is 0.419. The summed E-state index contributed by atoms with van der Waals surface area (Å²) in [6, 6.07) is 4.30. The second-order valence-corrected chi connectivity index (χ2v) is 7.29. The van der Waals surface area contributed by atoms with Gasteiger partial charge in [0, 0.05) is 31.7 Å². The molecule has 1 aromatic heterocycles. The van der Waals surface area contributed by atoms with Gasteiger partial charge in [0.25, 0.3) is 0 Å². The van der Waals surface area contributed by atoms with Gasteiger partial charge in [0.1, 0.15) is 12.4 Å². The highest BCUT2D eigenvalue weighted by molar-refractivity contribution is 5.44. The maximum absolute atomic E-state index is 5.76. The van der Waals surface area contributed by atoms with Crippen molar-refractivity contribution in [1.82, 2.24) is 10.3 Å². The molecule has 0 radical (unpaired) electrons. The molecule has 0 bridgehead atoms. The second kappa shape index (κ2) is 5.84. The third kappa shape index (κ3) is 3.31. The molecule has 1 N–H and O–H groups in total. The SMILES string of the molecule is CC(C)(C)C1CCN(c2ccc3c(n2)OCCNC3)CC1. The van der Waals surface area contributed by atoms with E-state index in [-0.39, 0.29) is 0 Å². The van der Waals surface area contributed by atoms with Gasteiger partial charge in [0.15, 0.2) is 0 Å². The number of aromatic nitrogens is 1. The van der Waals surface area contributed by atoms with Gasteiger partial charge in [-0.2, -0.15) is 4.98 Å². The fourth-order valence-corrected chi connectivity index (χ4v) is 3.31. The fraction of sp³-hybridized carbons (Fsp3) is 0.706. The zero-order valence-electron chi connectivity index (χ0n) is 13.5. The molecule has 0 aromatic carbocycles. The lowest BCUT2D eigenvalue weighted by molar-refractivity contribution is 0.198. The van der Waals surface area contributed by atoms with Crippen molar-refractivity contribution in [3.63, 3.8) is 0 Å². The van der Waals surface area contributed by atoms with Crippen LogP contribution in [0, 0.1) is 11.3 Å². The van der Waals surface area contributed by atoms with E-state index in [4.69, 9.17) is 9.72 Å². The molecule has 2 aliphatic heterocycles. The molecule has 0 unspecified atom stereocenters. The van der Waals surface area contributed by atoms with Crippen LogP contribution >= 0.6 is 0 Å². The molecule has 0 amide bonds. The van der Waals surface area contributed by atoms with Crippen LogP contribution in [0.1, 0.15) is 39.2 Å². The third-order valence-electron chi connectivity index (χ3n) is 4.80. The third-order valence-corrected chi connectivity index (χ3v) is 4.80. The summed E-state index contributed by atoms with van der Waals surface area (Å²) < 4.78 is 5.76. The Morgan fingerprint density at radius 2 is 2.00 bits per heavy atom. The van der Waals surface area contributed by atoms with E-state index in [9.17, 15) is 0 Å². The molecule has 1 fully saturated rings. The standard InChI is InChI=1S/C17H27N3O/c1-17(2,3)14-6-9-20(10-7-14)15-5-4-13-12-18-8-11-21-16(13)19-15/h4-5,14,18H,6-12H2,1-3H3. The molecule has 0 saturated carbocycles. The lowest BCUT2D eigenvalue weighted by Gasteiger charge is -2.39. The number of pyridine rings is 1. The number of nitrogens with zero attached hydrogens (tertiary/aromatic N) is 2. The smallest absolute Gasteiger partial charge is 0.219 e. The number of hydrogen-bond acceptors (Lipinski definition) is 4. The average molecular weight is 289 g/mol. The van der Waals surface area contributed by atoms with E-state index in [2.05, 4.69) is 43.1 Å². The monoisotopic (exact) mass is 289 g/mol. The van der Waals surface area contributed by atoms with E-state index in [1.54, 1.807) is 0 Å². The number of anilines is 1. The molecule has 1 aromatic rings. The van der Waals surface area contributed by atoms with Gasteiger partial charge in [0.2, 0.25) is 5.88 Å². The van der Waals surface area contributed by atoms with E-state index in [1.807, 2.05) is 0 Å². The summed E-state index contributed by atoms with van der Waals surface area (Å²) in [7, 11) is 0. The number of rotatable bonds is 1. The summed E-state index contributed by atoms with van der Waals surface area (Å²) in [4.78, 5) is 7.15. The lowest BCUT2D eigenvalue weighted by atomic mass is 9.75. The van der Waals surface area contributed by atoms with E-state index in [0.717, 1.165) is 43.8 Å². The van der Waals surface area contributed by atoms with Crippen LogP contribution in [0.3, 0.4) is 0 Å². The highest BCUT2D eigenvalue weighted by atomic mass is 16.5. The first-order valence-electron chi connectivity index (χ1n) is 8.12. The normalized spacial score (nSPS) is 20.6. The van der Waals surface area contributed by atoms with Gasteiger partial charge in [-0.15, -0.1) is 0 Å². The topological polar surface area (TPSA) is 37.4 Å². The minimum atomic E-state index is 0.419. The highest BCUT2D eigenvalue weighted by Crippen LogP contribution is 2.35. The first kappa shape index (κ1) is 14.6. The maximum atomic E-state index is 5.76. The van der Waals surface area contributed by atoms with Crippen LogP contribution in [0.5, 0.6) is 5.88 Å². The Morgan fingerprint density at radius 1 is 1.24 bits per heavy atom. The predicted octanol–water partition coefficient (Wildman–Crippen LogP) is 2.83. The number of nitrogens with one attached hydrogen (secondary N) is 1. The Morgan fingerprint density at radius 3 is 2.71 bits per heavy atom. The number of piperidine rings is 1. The Kier molecular flexibility index (Phi) is 4.07. The molecule has 0 spiro atoms. The minimum Gasteiger partial charge on any atom is -0.476 e. The number of ether oxygens (including phenoxy) is 1. The summed E-state index contributed by atoms with van der Waals surface area (Å²) in [6.07, 6.45) is 2.51. The van der Waals surface area contributed by atoms with Crippen molar-refractivity contribution in [3.8, 4) is 5.88 Å². The van der Waals surface area contributed by atoms with Crippen molar-refractivity contribution in [1.29, 1.82) is 0 Å². The molecular formula is C17H27N3O. The van der Waals surface area contributed by atoms with Crippen molar-refractivity contribution >= 4 is 5.82 Å². The van der Waals surface area contributed by atoms with E-state index < -0.39 is 0 Å². The summed E-state index contributed by atoms with van der Waals surface area (Å²) in [5, 5.41) is 3.35. The molecule has 2 aliphatic rings. The molecule has 0 aliphatic carbocycles. The van der Waals surface area contributed by atoms with Crippen LogP contribution in [0.4, 0.5) is 5.82 Å². The van der Waals surface area contributed by atoms with Crippen molar-refractivity contribution in [2.24, 2.45) is 11.3 Å². The van der Waals surface area contributed by atoms with Crippen LogP contribution in [-0.2, 0) is 6.54 Å². The molecule has 21 heavy (non-hydrogen) atoms. The average Bonchev–Trinajstić information content (AvgIpc) is 2.71. The number of hydrogen-bond donors (Lipinski definition) is 1. The van der Waals surface area contributed by atoms with Crippen LogP contribution in [-0.4, -0.2) is 31.2 Å². The van der Waals surface area contributed by atoms with Crippen LogP contribution in [0.2, 0.25) is 0 Å². The van der Waals surface area contributed by atoms with Gasteiger partial charge in [-0.3, -0.25) is 0 Å². The predicted molar refractivity (Wildman–Crippen MR) is 85.8 cm³/mol. The van der Waals surface area contributed by atoms with E-state index in [1.165, 1.54) is 18.4 Å². The Labute approximate surface area is 127 Å². The second-order valence-electron chi connectivity index (χ2n) is 7.29. The van der Waals surface area contributed by atoms with Crippen LogP contribution < -0.4 is 15.0 Å². The maximum Gasteiger partial charge on any atom is 0.219 e. The first-order valence-corrected chi connectivity index (χ1v) is 8.12. The molecule has 116 valence electrons. The summed E-state index contributed by atoms with van der Waals surface area (Å²) >= 11 is 0. The first-order chi connectivity index (χ1) is 10.0. The molecule has 0 atom stereocenters. The van der Waals surface area contributed by atoms with Crippen molar-refractivity contribution in [2.45, 2.75) is 40.2 Å². The van der Waals surface area contributed by atoms with Crippen LogP contribution in [0.25, 0.3) is 0 Å². The van der Waals surface area contributed by atoms with Gasteiger partial charge in [-0.1, -0.05) is 20.8 Å². The highest BCUT2D eigenvalue weighted by Gasteiger charge is 2.29. The Bertz CT molecular complexity index is 487. The van der Waals surface area contributed by atoms with E-state index >= 15 is 0 Å². The molecule has 4 nitrogen and oxygen atoms in total. The summed E-state index contributed by atoms with van der Waals surface area (Å²) in [5.74, 6) is 2.70. The van der Waals surface area contributed by atoms with Gasteiger partial charge in [-0.25, -0.2) is 0 Å². The molecule has 3 heterocycles.